The third-order valence-electron chi connectivity index (χ3n) is 4.25. The van der Waals surface area contributed by atoms with Crippen molar-refractivity contribution in [3.05, 3.63) is 29.8 Å². The molecule has 21 heavy (non-hydrogen) atoms. The molecule has 3 unspecified atom stereocenters. The summed E-state index contributed by atoms with van der Waals surface area (Å²) in [5.41, 5.74) is 1.19. The van der Waals surface area contributed by atoms with E-state index in [0.717, 1.165) is 25.0 Å². The minimum atomic E-state index is 0.183. The molecule has 0 radical (unpaired) electrons. The summed E-state index contributed by atoms with van der Waals surface area (Å²) in [5, 5.41) is 3.32. The molecule has 1 aliphatic carbocycles. The summed E-state index contributed by atoms with van der Waals surface area (Å²) in [6.07, 6.45) is 5.15. The van der Waals surface area contributed by atoms with Crippen LogP contribution in [-0.4, -0.2) is 40.1 Å². The van der Waals surface area contributed by atoms with Crippen LogP contribution in [0.1, 0.15) is 37.3 Å². The second-order valence-corrected chi connectivity index (χ2v) is 5.60. The first-order valence-corrected chi connectivity index (χ1v) is 7.72. The van der Waals surface area contributed by atoms with Crippen LogP contribution in [0.15, 0.2) is 24.3 Å². The average Bonchev–Trinajstić information content (AvgIpc) is 2.56. The Hall–Kier alpha value is -1.10. The molecule has 2 rings (SSSR count). The van der Waals surface area contributed by atoms with E-state index in [1.165, 1.54) is 12.0 Å². The molecule has 1 aromatic rings. The number of hydrogen-bond donors (Lipinski definition) is 1. The summed E-state index contributed by atoms with van der Waals surface area (Å²) in [5.74, 6) is 0.880. The zero-order chi connectivity index (χ0) is 15.1. The number of benzene rings is 1. The van der Waals surface area contributed by atoms with Gasteiger partial charge in [0.05, 0.1) is 32.0 Å². The first-order chi connectivity index (χ1) is 10.3. The Bertz CT molecular complexity index is 424. The number of ether oxygens (including phenoxy) is 3. The minimum absolute atomic E-state index is 0.183. The molecule has 4 nitrogen and oxygen atoms in total. The van der Waals surface area contributed by atoms with Crippen molar-refractivity contribution < 1.29 is 14.2 Å². The zero-order valence-electron chi connectivity index (χ0n) is 13.3. The maximum atomic E-state index is 6.11. The lowest BCUT2D eigenvalue weighted by Crippen LogP contribution is -2.31. The number of likely N-dealkylation sites (N-methyl/N-ethyl adjacent to an activating group) is 1. The van der Waals surface area contributed by atoms with Gasteiger partial charge in [-0.1, -0.05) is 12.1 Å². The first-order valence-electron chi connectivity index (χ1n) is 7.72. The molecule has 0 spiro atoms. The van der Waals surface area contributed by atoms with Crippen LogP contribution < -0.4 is 10.1 Å². The summed E-state index contributed by atoms with van der Waals surface area (Å²) in [4.78, 5) is 0. The number of methoxy groups -OCH3 is 2. The normalized spacial score (nSPS) is 23.8. The van der Waals surface area contributed by atoms with Gasteiger partial charge in [-0.25, -0.2) is 0 Å². The predicted molar refractivity (Wildman–Crippen MR) is 83.8 cm³/mol. The van der Waals surface area contributed by atoms with Gasteiger partial charge in [0.25, 0.3) is 0 Å². The molecule has 0 aromatic heterocycles. The highest BCUT2D eigenvalue weighted by atomic mass is 16.5. The summed E-state index contributed by atoms with van der Waals surface area (Å²) < 4.78 is 16.9. The Morgan fingerprint density at radius 3 is 2.76 bits per heavy atom. The molecule has 118 valence electrons. The van der Waals surface area contributed by atoms with E-state index >= 15 is 0 Å². The Kier molecular flexibility index (Phi) is 6.49. The maximum absolute atomic E-state index is 6.11. The molecule has 4 heteroatoms. The molecule has 1 fully saturated rings. The van der Waals surface area contributed by atoms with E-state index in [2.05, 4.69) is 17.4 Å². The first kappa shape index (κ1) is 16.3. The van der Waals surface area contributed by atoms with Crippen LogP contribution >= 0.6 is 0 Å². The third kappa shape index (κ3) is 4.70. The molecule has 3 atom stereocenters. The van der Waals surface area contributed by atoms with Gasteiger partial charge in [-0.2, -0.15) is 0 Å². The molecule has 0 amide bonds. The van der Waals surface area contributed by atoms with Crippen LogP contribution in [-0.2, 0) is 9.47 Å². The second kappa shape index (κ2) is 8.37. The van der Waals surface area contributed by atoms with Gasteiger partial charge in [-0.3, -0.25) is 0 Å². The van der Waals surface area contributed by atoms with Crippen molar-refractivity contribution in [1.29, 1.82) is 0 Å². The largest absolute Gasteiger partial charge is 0.497 e. The molecular formula is C17H27NO3. The summed E-state index contributed by atoms with van der Waals surface area (Å²) >= 11 is 0. The van der Waals surface area contributed by atoms with Gasteiger partial charge in [0.15, 0.2) is 0 Å². The smallest absolute Gasteiger partial charge is 0.119 e. The van der Waals surface area contributed by atoms with E-state index in [1.54, 1.807) is 14.2 Å². The zero-order valence-corrected chi connectivity index (χ0v) is 13.3. The molecule has 1 N–H and O–H groups in total. The lowest BCUT2D eigenvalue weighted by atomic mass is 9.95. The Morgan fingerprint density at radius 1 is 1.24 bits per heavy atom. The van der Waals surface area contributed by atoms with Crippen molar-refractivity contribution in [2.45, 2.75) is 43.9 Å². The van der Waals surface area contributed by atoms with Crippen LogP contribution in [0, 0.1) is 0 Å². The van der Waals surface area contributed by atoms with Gasteiger partial charge < -0.3 is 19.5 Å². The van der Waals surface area contributed by atoms with Crippen molar-refractivity contribution in [3.63, 3.8) is 0 Å². The quantitative estimate of drug-likeness (QED) is 0.839. The lowest BCUT2D eigenvalue weighted by molar-refractivity contribution is -0.0352. The summed E-state index contributed by atoms with van der Waals surface area (Å²) in [6, 6.07) is 8.32. The highest BCUT2D eigenvalue weighted by Crippen LogP contribution is 2.25. The van der Waals surface area contributed by atoms with Gasteiger partial charge in [-0.05, 0) is 50.4 Å². The van der Waals surface area contributed by atoms with Crippen LogP contribution in [0.4, 0.5) is 0 Å². The molecule has 1 saturated carbocycles. The second-order valence-electron chi connectivity index (χ2n) is 5.60. The molecule has 0 heterocycles. The van der Waals surface area contributed by atoms with Crippen molar-refractivity contribution in [2.24, 2.45) is 0 Å². The van der Waals surface area contributed by atoms with Crippen LogP contribution in [0.3, 0.4) is 0 Å². The van der Waals surface area contributed by atoms with Gasteiger partial charge >= 0.3 is 0 Å². The van der Waals surface area contributed by atoms with Crippen LogP contribution in [0.5, 0.6) is 5.75 Å². The number of nitrogens with one attached hydrogen (secondary N) is 1. The van der Waals surface area contributed by atoms with Gasteiger partial charge in [0.2, 0.25) is 0 Å². The van der Waals surface area contributed by atoms with Gasteiger partial charge in [0, 0.05) is 7.11 Å². The minimum Gasteiger partial charge on any atom is -0.497 e. The van der Waals surface area contributed by atoms with Gasteiger partial charge in [0.1, 0.15) is 5.75 Å². The Labute approximate surface area is 127 Å². The van der Waals surface area contributed by atoms with Crippen LogP contribution in [0.25, 0.3) is 0 Å². The molecule has 0 aliphatic heterocycles. The highest BCUT2D eigenvalue weighted by molar-refractivity contribution is 5.30. The van der Waals surface area contributed by atoms with E-state index in [4.69, 9.17) is 14.2 Å². The van der Waals surface area contributed by atoms with E-state index in [1.807, 2.05) is 19.2 Å². The summed E-state index contributed by atoms with van der Waals surface area (Å²) in [6.45, 7) is 0.671. The number of rotatable bonds is 7. The summed E-state index contributed by atoms with van der Waals surface area (Å²) in [7, 11) is 5.45. The van der Waals surface area contributed by atoms with Crippen molar-refractivity contribution in [1.82, 2.24) is 5.32 Å². The van der Waals surface area contributed by atoms with E-state index in [9.17, 15) is 0 Å². The van der Waals surface area contributed by atoms with E-state index < -0.39 is 0 Å². The van der Waals surface area contributed by atoms with Crippen LogP contribution in [0.2, 0.25) is 0 Å². The standard InChI is InChI=1S/C17H27NO3/c1-18-17(13-6-4-7-14(10-13)19-2)12-21-16-9-5-8-15(11-16)20-3/h4,6-7,10,15-18H,5,8-9,11-12H2,1-3H3. The highest BCUT2D eigenvalue weighted by Gasteiger charge is 2.23. The molecule has 0 saturated heterocycles. The van der Waals surface area contributed by atoms with Crippen molar-refractivity contribution in [2.75, 3.05) is 27.9 Å². The van der Waals surface area contributed by atoms with Crippen molar-refractivity contribution >= 4 is 0 Å². The fourth-order valence-corrected chi connectivity index (χ4v) is 2.90. The Morgan fingerprint density at radius 2 is 2.05 bits per heavy atom. The molecule has 0 bridgehead atoms. The monoisotopic (exact) mass is 293 g/mol. The maximum Gasteiger partial charge on any atom is 0.119 e. The Balaban J connectivity index is 1.89. The SMILES string of the molecule is CNC(COC1CCCC(OC)C1)c1cccc(OC)c1. The molecular weight excluding hydrogens is 266 g/mol. The van der Waals surface area contributed by atoms with E-state index in [0.29, 0.717) is 18.8 Å². The van der Waals surface area contributed by atoms with Gasteiger partial charge in [-0.15, -0.1) is 0 Å². The average molecular weight is 293 g/mol. The topological polar surface area (TPSA) is 39.7 Å². The fourth-order valence-electron chi connectivity index (χ4n) is 2.90. The third-order valence-corrected chi connectivity index (χ3v) is 4.25. The fraction of sp³-hybridized carbons (Fsp3) is 0.647. The molecule has 1 aromatic carbocycles. The van der Waals surface area contributed by atoms with Crippen molar-refractivity contribution in [3.8, 4) is 5.75 Å². The molecule has 1 aliphatic rings. The van der Waals surface area contributed by atoms with E-state index in [-0.39, 0.29) is 6.04 Å². The number of hydrogen-bond acceptors (Lipinski definition) is 4. The lowest BCUT2D eigenvalue weighted by Gasteiger charge is -2.29. The predicted octanol–water partition coefficient (Wildman–Crippen LogP) is 2.93.